The lowest BCUT2D eigenvalue weighted by Gasteiger charge is -2.19. The van der Waals surface area contributed by atoms with Crippen LogP contribution in [0.3, 0.4) is 0 Å². The smallest absolute Gasteiger partial charge is 0.303 e. The number of esters is 1. The Morgan fingerprint density at radius 2 is 1.89 bits per heavy atom. The predicted octanol–water partition coefficient (Wildman–Crippen LogP) is 4.96. The van der Waals surface area contributed by atoms with Crippen LogP contribution in [-0.4, -0.2) is 28.2 Å². The summed E-state index contributed by atoms with van der Waals surface area (Å²) in [5.41, 5.74) is 1.90. The molecule has 4 rings (SSSR count). The molecule has 0 unspecified atom stereocenters. The highest BCUT2D eigenvalue weighted by Crippen LogP contribution is 2.33. The van der Waals surface area contributed by atoms with E-state index in [9.17, 15) is 4.79 Å². The van der Waals surface area contributed by atoms with Crippen molar-refractivity contribution in [2.75, 3.05) is 6.61 Å². The van der Waals surface area contributed by atoms with Crippen molar-refractivity contribution < 1.29 is 14.3 Å². The molecule has 0 saturated carbocycles. The molecule has 28 heavy (non-hydrogen) atoms. The molecule has 4 aromatic rings. The molecule has 3 aromatic carbocycles. The van der Waals surface area contributed by atoms with Gasteiger partial charge in [0.1, 0.15) is 12.4 Å². The second-order valence-corrected chi connectivity index (χ2v) is 7.32. The third kappa shape index (κ3) is 3.87. The summed E-state index contributed by atoms with van der Waals surface area (Å²) in [6.45, 7) is 2.11. The largest absolute Gasteiger partial charge is 0.488 e. The molecule has 0 spiro atoms. The fraction of sp³-hybridized carbons (Fsp3) is 0.182. The van der Waals surface area contributed by atoms with Gasteiger partial charge in [0.25, 0.3) is 0 Å². The molecule has 0 aliphatic rings. The minimum atomic E-state index is -0.437. The lowest BCUT2D eigenvalue weighted by atomic mass is 10.1. The number of aromatic nitrogens is 2. The third-order valence-electron chi connectivity index (χ3n) is 4.51. The maximum atomic E-state index is 11.6. The molecule has 1 heterocycles. The highest BCUT2D eigenvalue weighted by atomic mass is 79.9. The predicted molar refractivity (Wildman–Crippen MR) is 112 cm³/mol. The number of hydrogen-bond donors (Lipinski definition) is 0. The maximum absolute atomic E-state index is 11.6. The molecule has 142 valence electrons. The van der Waals surface area contributed by atoms with Crippen LogP contribution in [0.5, 0.6) is 5.75 Å². The van der Waals surface area contributed by atoms with Crippen LogP contribution in [-0.2, 0) is 16.1 Å². The van der Waals surface area contributed by atoms with Crippen molar-refractivity contribution in [1.29, 1.82) is 0 Å². The van der Waals surface area contributed by atoms with Gasteiger partial charge in [-0.3, -0.25) is 4.79 Å². The van der Waals surface area contributed by atoms with Gasteiger partial charge in [-0.05, 0) is 44.9 Å². The van der Waals surface area contributed by atoms with E-state index in [1.807, 2.05) is 59.2 Å². The zero-order chi connectivity index (χ0) is 19.5. The molecule has 1 atom stereocenters. The van der Waals surface area contributed by atoms with Crippen LogP contribution in [0.4, 0.5) is 0 Å². The topological polar surface area (TPSA) is 53.4 Å². The van der Waals surface area contributed by atoms with E-state index >= 15 is 0 Å². The lowest BCUT2D eigenvalue weighted by Crippen LogP contribution is -2.28. The van der Waals surface area contributed by atoms with Crippen molar-refractivity contribution in [1.82, 2.24) is 9.55 Å². The zero-order valence-corrected chi connectivity index (χ0v) is 16.9. The number of hydrogen-bond acceptors (Lipinski definition) is 4. The molecule has 0 saturated heterocycles. The highest BCUT2D eigenvalue weighted by Gasteiger charge is 2.17. The number of carbonyl (C=O) groups is 1. The Bertz CT molecular complexity index is 1140. The SMILES string of the molecule is CC(=O)O[C@H](COc1ccc2ccccc2c1Br)Cn1cnc2ccccc21. The summed E-state index contributed by atoms with van der Waals surface area (Å²) in [5.74, 6) is 0.377. The molecular formula is C22H19BrN2O3. The number of rotatable bonds is 6. The Morgan fingerprint density at radius 3 is 2.75 bits per heavy atom. The molecule has 0 radical (unpaired) electrons. The third-order valence-corrected chi connectivity index (χ3v) is 5.33. The summed E-state index contributed by atoms with van der Waals surface area (Å²) in [5, 5.41) is 2.20. The second kappa shape index (κ2) is 8.02. The monoisotopic (exact) mass is 438 g/mol. The van der Waals surface area contributed by atoms with Crippen molar-refractivity contribution in [2.45, 2.75) is 19.6 Å². The Hall–Kier alpha value is -2.86. The average Bonchev–Trinajstić information content (AvgIpc) is 3.10. The van der Waals surface area contributed by atoms with Crippen molar-refractivity contribution in [3.8, 4) is 5.75 Å². The second-order valence-electron chi connectivity index (χ2n) is 6.53. The molecule has 0 amide bonds. The number of para-hydroxylation sites is 2. The number of halogens is 1. The van der Waals surface area contributed by atoms with Gasteiger partial charge in [0.05, 0.1) is 28.4 Å². The zero-order valence-electron chi connectivity index (χ0n) is 15.3. The first-order valence-electron chi connectivity index (χ1n) is 8.99. The Labute approximate surface area is 171 Å². The summed E-state index contributed by atoms with van der Waals surface area (Å²) < 4.78 is 14.4. The van der Waals surface area contributed by atoms with Gasteiger partial charge in [-0.1, -0.05) is 42.5 Å². The molecule has 6 heteroatoms. The maximum Gasteiger partial charge on any atom is 0.303 e. The minimum absolute atomic E-state index is 0.239. The van der Waals surface area contributed by atoms with Crippen LogP contribution in [0.15, 0.2) is 71.5 Å². The van der Waals surface area contributed by atoms with E-state index in [1.165, 1.54) is 6.92 Å². The number of carbonyl (C=O) groups excluding carboxylic acids is 1. The molecule has 0 N–H and O–H groups in total. The van der Waals surface area contributed by atoms with Crippen molar-refractivity contribution in [2.24, 2.45) is 0 Å². The number of nitrogens with zero attached hydrogens (tertiary/aromatic N) is 2. The number of fused-ring (bicyclic) bond motifs is 2. The van der Waals surface area contributed by atoms with Crippen LogP contribution < -0.4 is 4.74 Å². The number of benzene rings is 3. The minimum Gasteiger partial charge on any atom is -0.488 e. The van der Waals surface area contributed by atoms with Gasteiger partial charge in [0.2, 0.25) is 0 Å². The van der Waals surface area contributed by atoms with Crippen molar-refractivity contribution >= 4 is 43.7 Å². The first-order valence-corrected chi connectivity index (χ1v) is 9.78. The van der Waals surface area contributed by atoms with Crippen molar-refractivity contribution in [3.05, 3.63) is 71.5 Å². The van der Waals surface area contributed by atoms with Crippen LogP contribution in [0, 0.1) is 0 Å². The summed E-state index contributed by atoms with van der Waals surface area (Å²) in [6, 6.07) is 19.9. The Morgan fingerprint density at radius 1 is 1.11 bits per heavy atom. The lowest BCUT2D eigenvalue weighted by molar-refractivity contribution is -0.148. The summed E-state index contributed by atoms with van der Waals surface area (Å²) in [7, 11) is 0. The quantitative estimate of drug-likeness (QED) is 0.399. The van der Waals surface area contributed by atoms with E-state index in [-0.39, 0.29) is 12.6 Å². The summed E-state index contributed by atoms with van der Waals surface area (Å²) >= 11 is 3.63. The summed E-state index contributed by atoms with van der Waals surface area (Å²) in [4.78, 5) is 16.0. The van der Waals surface area contributed by atoms with Gasteiger partial charge in [0.15, 0.2) is 6.10 Å². The molecule has 0 aliphatic carbocycles. The fourth-order valence-electron chi connectivity index (χ4n) is 3.24. The van der Waals surface area contributed by atoms with Crippen LogP contribution in [0.25, 0.3) is 21.8 Å². The van der Waals surface area contributed by atoms with E-state index in [2.05, 4.69) is 27.0 Å². The van der Waals surface area contributed by atoms with Gasteiger partial charge < -0.3 is 14.0 Å². The van der Waals surface area contributed by atoms with Gasteiger partial charge in [0, 0.05) is 6.92 Å². The Balaban J connectivity index is 1.54. The molecular weight excluding hydrogens is 420 g/mol. The fourth-order valence-corrected chi connectivity index (χ4v) is 3.85. The molecule has 0 bridgehead atoms. The van der Waals surface area contributed by atoms with Gasteiger partial charge in [-0.25, -0.2) is 4.98 Å². The van der Waals surface area contributed by atoms with E-state index in [0.29, 0.717) is 12.3 Å². The number of imidazole rings is 1. The van der Waals surface area contributed by atoms with Crippen LogP contribution >= 0.6 is 15.9 Å². The van der Waals surface area contributed by atoms with Crippen LogP contribution in [0.1, 0.15) is 6.92 Å². The summed E-state index contributed by atoms with van der Waals surface area (Å²) in [6.07, 6.45) is 1.32. The van der Waals surface area contributed by atoms with E-state index in [1.54, 1.807) is 6.33 Å². The first-order chi connectivity index (χ1) is 13.6. The van der Waals surface area contributed by atoms with Crippen molar-refractivity contribution in [3.63, 3.8) is 0 Å². The first kappa shape index (κ1) is 18.5. The van der Waals surface area contributed by atoms with Gasteiger partial charge in [-0.2, -0.15) is 0 Å². The average molecular weight is 439 g/mol. The van der Waals surface area contributed by atoms with E-state index in [0.717, 1.165) is 26.3 Å². The van der Waals surface area contributed by atoms with Crippen LogP contribution in [0.2, 0.25) is 0 Å². The van der Waals surface area contributed by atoms with Gasteiger partial charge in [-0.15, -0.1) is 0 Å². The number of ether oxygens (including phenoxy) is 2. The molecule has 5 nitrogen and oxygen atoms in total. The molecule has 0 fully saturated rings. The van der Waals surface area contributed by atoms with E-state index in [4.69, 9.17) is 9.47 Å². The standard InChI is InChI=1S/C22H19BrN2O3/c1-15(26)28-17(12-25-14-24-19-8-4-5-9-20(19)25)13-27-21-11-10-16-6-2-3-7-18(16)22(21)23/h2-11,14,17H,12-13H2,1H3/t17-/m0/s1. The molecule has 0 aliphatic heterocycles. The normalized spacial score (nSPS) is 12.2. The molecule has 1 aromatic heterocycles. The van der Waals surface area contributed by atoms with E-state index < -0.39 is 6.10 Å². The Kier molecular flexibility index (Phi) is 5.30. The van der Waals surface area contributed by atoms with Gasteiger partial charge >= 0.3 is 5.97 Å². The highest BCUT2D eigenvalue weighted by molar-refractivity contribution is 9.10.